The summed E-state index contributed by atoms with van der Waals surface area (Å²) in [6.07, 6.45) is 0.578. The molecule has 0 saturated heterocycles. The fraction of sp³-hybridized carbons (Fsp3) is 0.357. The molecule has 2 aromatic carbocycles. The van der Waals surface area contributed by atoms with E-state index in [0.717, 1.165) is 30.9 Å². The molecule has 0 aliphatic carbocycles. The van der Waals surface area contributed by atoms with E-state index in [1.165, 1.54) is 29.9 Å². The van der Waals surface area contributed by atoms with E-state index in [9.17, 15) is 9.59 Å². The van der Waals surface area contributed by atoms with Gasteiger partial charge in [0.05, 0.1) is 14.2 Å². The van der Waals surface area contributed by atoms with Crippen molar-refractivity contribution in [2.24, 2.45) is 0 Å². The fourth-order valence-corrected chi connectivity index (χ4v) is 4.68. The third-order valence-electron chi connectivity index (χ3n) is 6.66. The molecule has 1 amide bonds. The van der Waals surface area contributed by atoms with Gasteiger partial charge in [-0.1, -0.05) is 42.0 Å². The van der Waals surface area contributed by atoms with E-state index in [1.807, 2.05) is 24.3 Å². The van der Waals surface area contributed by atoms with Crippen LogP contribution in [0, 0.1) is 13.8 Å². The zero-order valence-corrected chi connectivity index (χ0v) is 20.9. The lowest BCUT2D eigenvalue weighted by molar-refractivity contribution is 0.0945. The zero-order chi connectivity index (χ0) is 24.9. The van der Waals surface area contributed by atoms with Crippen LogP contribution in [0.3, 0.4) is 0 Å². The number of carbonyl (C=O) groups excluding carboxylic acids is 1. The molecule has 2 heterocycles. The molecule has 35 heavy (non-hydrogen) atoms. The maximum atomic E-state index is 13.4. The van der Waals surface area contributed by atoms with Crippen molar-refractivity contribution in [3.8, 4) is 11.5 Å². The van der Waals surface area contributed by atoms with Crippen molar-refractivity contribution in [2.75, 3.05) is 27.3 Å². The molecule has 7 nitrogen and oxygen atoms in total. The maximum Gasteiger partial charge on any atom is 0.257 e. The molecule has 1 N–H and O–H groups in total. The van der Waals surface area contributed by atoms with Crippen LogP contribution in [-0.2, 0) is 26.1 Å². The van der Waals surface area contributed by atoms with E-state index >= 15 is 0 Å². The highest BCUT2D eigenvalue weighted by molar-refractivity contribution is 5.98. The molecule has 0 saturated carbocycles. The number of fused-ring (bicyclic) bond motifs is 1. The minimum absolute atomic E-state index is 0.147. The molecule has 1 aliphatic rings. The first-order valence-corrected chi connectivity index (χ1v) is 11.9. The average Bonchev–Trinajstić information content (AvgIpc) is 3.07. The first-order chi connectivity index (χ1) is 16.9. The Balaban J connectivity index is 1.58. The summed E-state index contributed by atoms with van der Waals surface area (Å²) in [5.74, 6) is 0.756. The Kier molecular flexibility index (Phi) is 7.56. The van der Waals surface area contributed by atoms with Gasteiger partial charge in [0.15, 0.2) is 0 Å². The maximum absolute atomic E-state index is 13.4. The van der Waals surface area contributed by atoms with Gasteiger partial charge < -0.3 is 19.4 Å². The third-order valence-corrected chi connectivity index (χ3v) is 6.66. The molecule has 1 aliphatic heterocycles. The molecule has 0 radical (unpaired) electrons. The van der Waals surface area contributed by atoms with Crippen molar-refractivity contribution in [2.45, 2.75) is 39.9 Å². The SMILES string of the molecule is COc1ccccc1CNC(=O)c1c(OC)cc(=O)n2c1CCN(Cc1cc(C)ccc1C)CC2. The molecule has 0 fully saturated rings. The van der Waals surface area contributed by atoms with E-state index in [-0.39, 0.29) is 11.5 Å². The number of hydrogen-bond donors (Lipinski definition) is 1. The second-order valence-electron chi connectivity index (χ2n) is 8.97. The number of benzene rings is 2. The second-order valence-corrected chi connectivity index (χ2v) is 8.97. The lowest BCUT2D eigenvalue weighted by Gasteiger charge is -2.21. The Bertz CT molecular complexity index is 1280. The van der Waals surface area contributed by atoms with Crippen molar-refractivity contribution < 1.29 is 14.3 Å². The largest absolute Gasteiger partial charge is 0.496 e. The van der Waals surface area contributed by atoms with Crippen LogP contribution in [0.4, 0.5) is 0 Å². The van der Waals surface area contributed by atoms with Crippen molar-refractivity contribution in [3.63, 3.8) is 0 Å². The van der Waals surface area contributed by atoms with Gasteiger partial charge in [-0.25, -0.2) is 0 Å². The first kappa shape index (κ1) is 24.5. The van der Waals surface area contributed by atoms with Crippen molar-refractivity contribution in [3.05, 3.63) is 92.4 Å². The molecular formula is C28H33N3O4. The number of rotatable bonds is 7. The molecule has 3 aromatic rings. The Labute approximate surface area is 206 Å². The summed E-state index contributed by atoms with van der Waals surface area (Å²) in [5.41, 5.74) is 5.65. The normalized spacial score (nSPS) is 13.6. The predicted octanol–water partition coefficient (Wildman–Crippen LogP) is 3.47. The summed E-state index contributed by atoms with van der Waals surface area (Å²) >= 11 is 0. The lowest BCUT2D eigenvalue weighted by Crippen LogP contribution is -2.31. The van der Waals surface area contributed by atoms with Crippen LogP contribution in [0.5, 0.6) is 11.5 Å². The fourth-order valence-electron chi connectivity index (χ4n) is 4.68. The van der Waals surface area contributed by atoms with Crippen LogP contribution >= 0.6 is 0 Å². The Morgan fingerprint density at radius 1 is 0.943 bits per heavy atom. The van der Waals surface area contributed by atoms with E-state index in [0.29, 0.717) is 36.6 Å². The molecular weight excluding hydrogens is 442 g/mol. The number of aromatic nitrogens is 1. The minimum atomic E-state index is -0.264. The molecule has 184 valence electrons. The molecule has 7 heteroatoms. The predicted molar refractivity (Wildman–Crippen MR) is 136 cm³/mol. The van der Waals surface area contributed by atoms with E-state index < -0.39 is 0 Å². The number of amides is 1. The second kappa shape index (κ2) is 10.8. The highest BCUT2D eigenvalue weighted by Gasteiger charge is 2.25. The highest BCUT2D eigenvalue weighted by atomic mass is 16.5. The molecule has 0 atom stereocenters. The Hall–Kier alpha value is -3.58. The third kappa shape index (κ3) is 5.41. The van der Waals surface area contributed by atoms with E-state index in [1.54, 1.807) is 11.7 Å². The van der Waals surface area contributed by atoms with Crippen LogP contribution in [-0.4, -0.2) is 42.7 Å². The zero-order valence-electron chi connectivity index (χ0n) is 20.9. The van der Waals surface area contributed by atoms with E-state index in [2.05, 4.69) is 42.3 Å². The van der Waals surface area contributed by atoms with Gasteiger partial charge in [-0.2, -0.15) is 0 Å². The summed E-state index contributed by atoms with van der Waals surface area (Å²) in [6.45, 7) is 7.34. The van der Waals surface area contributed by atoms with Crippen LogP contribution in [0.2, 0.25) is 0 Å². The topological polar surface area (TPSA) is 72.8 Å². The number of ether oxygens (including phenoxy) is 2. The first-order valence-electron chi connectivity index (χ1n) is 11.9. The van der Waals surface area contributed by atoms with Gasteiger partial charge in [-0.3, -0.25) is 14.5 Å². The standard InChI is InChI=1S/C28H33N3O4/c1-19-9-10-20(2)22(15-19)18-30-12-11-23-27(25(35-4)16-26(32)31(23)14-13-30)28(33)29-17-21-7-5-6-8-24(21)34-3/h5-10,15-16H,11-14,17-18H2,1-4H3,(H,29,33). The van der Waals surface area contributed by atoms with Crippen LogP contribution in [0.15, 0.2) is 53.3 Å². The number of para-hydroxylation sites is 1. The van der Waals surface area contributed by atoms with Crippen LogP contribution in [0.25, 0.3) is 0 Å². The number of nitrogens with one attached hydrogen (secondary N) is 1. The van der Waals surface area contributed by atoms with Gasteiger partial charge >= 0.3 is 0 Å². The monoisotopic (exact) mass is 475 g/mol. The summed E-state index contributed by atoms with van der Waals surface area (Å²) in [6, 6.07) is 15.5. The van der Waals surface area contributed by atoms with Gasteiger partial charge in [0.1, 0.15) is 17.1 Å². The van der Waals surface area contributed by atoms with Crippen LogP contribution in [0.1, 0.15) is 38.3 Å². The molecule has 0 spiro atoms. The van der Waals surface area contributed by atoms with Crippen LogP contribution < -0.4 is 20.3 Å². The minimum Gasteiger partial charge on any atom is -0.496 e. The smallest absolute Gasteiger partial charge is 0.257 e. The number of pyridine rings is 1. The lowest BCUT2D eigenvalue weighted by atomic mass is 10.0. The Morgan fingerprint density at radius 3 is 2.49 bits per heavy atom. The van der Waals surface area contributed by atoms with Gasteiger partial charge in [0.2, 0.25) is 0 Å². The number of aryl methyl sites for hydroxylation is 2. The van der Waals surface area contributed by atoms with Gasteiger partial charge in [-0.05, 0) is 31.0 Å². The number of carbonyl (C=O) groups is 1. The average molecular weight is 476 g/mol. The number of methoxy groups -OCH3 is 2. The Morgan fingerprint density at radius 2 is 1.71 bits per heavy atom. The molecule has 4 rings (SSSR count). The van der Waals surface area contributed by atoms with E-state index in [4.69, 9.17) is 9.47 Å². The number of hydrogen-bond acceptors (Lipinski definition) is 5. The summed E-state index contributed by atoms with van der Waals surface area (Å²) in [7, 11) is 3.10. The quantitative estimate of drug-likeness (QED) is 0.567. The molecule has 0 unspecified atom stereocenters. The molecule has 0 bridgehead atoms. The molecule has 1 aromatic heterocycles. The van der Waals surface area contributed by atoms with Crippen molar-refractivity contribution in [1.29, 1.82) is 0 Å². The van der Waals surface area contributed by atoms with Crippen molar-refractivity contribution in [1.82, 2.24) is 14.8 Å². The highest BCUT2D eigenvalue weighted by Crippen LogP contribution is 2.24. The summed E-state index contributed by atoms with van der Waals surface area (Å²) in [4.78, 5) is 28.6. The number of nitrogens with zero attached hydrogens (tertiary/aromatic N) is 2. The summed E-state index contributed by atoms with van der Waals surface area (Å²) in [5, 5.41) is 2.99. The van der Waals surface area contributed by atoms with Gasteiger partial charge in [0.25, 0.3) is 11.5 Å². The van der Waals surface area contributed by atoms with Crippen molar-refractivity contribution >= 4 is 5.91 Å². The van der Waals surface area contributed by atoms with Gasteiger partial charge in [-0.15, -0.1) is 0 Å². The summed E-state index contributed by atoms with van der Waals surface area (Å²) < 4.78 is 12.6. The van der Waals surface area contributed by atoms with Gasteiger partial charge in [0, 0.05) is 56.5 Å².